The van der Waals surface area contributed by atoms with Gasteiger partial charge in [-0.15, -0.1) is 0 Å². The topological polar surface area (TPSA) is 76.8 Å². The molecule has 0 radical (unpaired) electrons. The highest BCUT2D eigenvalue weighted by atomic mass is 16.5. The SMILES string of the molecule is COc1ccc(CN2C[C@@H]3COCC[C@]3(C(=O)O)C2)cc1Cn1cccn1. The number of ether oxygens (including phenoxy) is 2. The zero-order valence-corrected chi connectivity index (χ0v) is 15.5. The molecule has 0 saturated carbocycles. The molecule has 0 spiro atoms. The third kappa shape index (κ3) is 3.44. The lowest BCUT2D eigenvalue weighted by atomic mass is 9.74. The highest BCUT2D eigenvalue weighted by Gasteiger charge is 2.53. The summed E-state index contributed by atoms with van der Waals surface area (Å²) in [6.07, 6.45) is 4.28. The summed E-state index contributed by atoms with van der Waals surface area (Å²) in [6, 6.07) is 8.06. The van der Waals surface area contributed by atoms with E-state index in [0.29, 0.717) is 32.7 Å². The average molecular weight is 371 g/mol. The second-order valence-corrected chi connectivity index (χ2v) is 7.50. The number of fused-ring (bicyclic) bond motifs is 1. The summed E-state index contributed by atoms with van der Waals surface area (Å²) in [4.78, 5) is 14.2. The second-order valence-electron chi connectivity index (χ2n) is 7.50. The van der Waals surface area contributed by atoms with E-state index in [4.69, 9.17) is 9.47 Å². The molecule has 2 aliphatic heterocycles. The number of hydrogen-bond donors (Lipinski definition) is 1. The molecule has 144 valence electrons. The summed E-state index contributed by atoms with van der Waals surface area (Å²) in [5.74, 6) is 0.206. The van der Waals surface area contributed by atoms with E-state index < -0.39 is 11.4 Å². The highest BCUT2D eigenvalue weighted by molar-refractivity contribution is 5.76. The zero-order chi connectivity index (χ0) is 18.9. The van der Waals surface area contributed by atoms with Crippen molar-refractivity contribution in [2.75, 3.05) is 33.4 Å². The Morgan fingerprint density at radius 2 is 2.33 bits per heavy atom. The Hall–Kier alpha value is -2.38. The molecule has 7 heteroatoms. The molecule has 7 nitrogen and oxygen atoms in total. The highest BCUT2D eigenvalue weighted by Crippen LogP contribution is 2.43. The molecule has 1 aromatic carbocycles. The quantitative estimate of drug-likeness (QED) is 0.835. The molecule has 2 aliphatic rings. The predicted octanol–water partition coefficient (Wildman–Crippen LogP) is 1.86. The first-order valence-corrected chi connectivity index (χ1v) is 9.27. The minimum Gasteiger partial charge on any atom is -0.496 e. The first-order chi connectivity index (χ1) is 13.1. The fraction of sp³-hybridized carbons (Fsp3) is 0.500. The number of likely N-dealkylation sites (tertiary alicyclic amines) is 1. The van der Waals surface area contributed by atoms with Crippen LogP contribution in [-0.2, 0) is 22.6 Å². The van der Waals surface area contributed by atoms with Crippen molar-refractivity contribution in [3.63, 3.8) is 0 Å². The first kappa shape index (κ1) is 18.0. The average Bonchev–Trinajstić information content (AvgIpc) is 3.29. The van der Waals surface area contributed by atoms with Crippen LogP contribution in [-0.4, -0.2) is 59.2 Å². The fourth-order valence-electron chi connectivity index (χ4n) is 4.40. The van der Waals surface area contributed by atoms with Crippen LogP contribution >= 0.6 is 0 Å². The molecule has 2 saturated heterocycles. The van der Waals surface area contributed by atoms with Gasteiger partial charge >= 0.3 is 5.97 Å². The van der Waals surface area contributed by atoms with Crippen molar-refractivity contribution in [2.45, 2.75) is 19.5 Å². The molecule has 2 aromatic rings. The van der Waals surface area contributed by atoms with Crippen molar-refractivity contribution in [1.29, 1.82) is 0 Å². The summed E-state index contributed by atoms with van der Waals surface area (Å²) < 4.78 is 12.9. The number of carboxylic acid groups (broad SMARTS) is 1. The molecule has 1 aromatic heterocycles. The number of aliphatic carboxylic acids is 1. The molecule has 27 heavy (non-hydrogen) atoms. The number of carbonyl (C=O) groups is 1. The smallest absolute Gasteiger partial charge is 0.311 e. The van der Waals surface area contributed by atoms with Gasteiger partial charge in [-0.2, -0.15) is 5.10 Å². The molecule has 0 amide bonds. The maximum Gasteiger partial charge on any atom is 0.311 e. The van der Waals surface area contributed by atoms with Crippen molar-refractivity contribution in [3.8, 4) is 5.75 Å². The molecule has 0 unspecified atom stereocenters. The monoisotopic (exact) mass is 371 g/mol. The molecule has 2 atom stereocenters. The lowest BCUT2D eigenvalue weighted by Gasteiger charge is -2.34. The van der Waals surface area contributed by atoms with Crippen molar-refractivity contribution < 1.29 is 19.4 Å². The summed E-state index contributed by atoms with van der Waals surface area (Å²) >= 11 is 0. The molecule has 0 aliphatic carbocycles. The molecular formula is C20H25N3O4. The number of rotatable bonds is 6. The molecule has 0 bridgehead atoms. The van der Waals surface area contributed by atoms with Gasteiger partial charge in [0.2, 0.25) is 0 Å². The first-order valence-electron chi connectivity index (χ1n) is 9.27. The minimum absolute atomic E-state index is 0.0607. The van der Waals surface area contributed by atoms with Gasteiger partial charge < -0.3 is 14.6 Å². The second kappa shape index (κ2) is 7.32. The van der Waals surface area contributed by atoms with Crippen molar-refractivity contribution in [1.82, 2.24) is 14.7 Å². The number of nitrogens with zero attached hydrogens (tertiary/aromatic N) is 3. The van der Waals surface area contributed by atoms with E-state index in [1.807, 2.05) is 23.0 Å². The zero-order valence-electron chi connectivity index (χ0n) is 15.5. The number of carboxylic acids is 1. The Labute approximate surface area is 158 Å². The van der Waals surface area contributed by atoms with Crippen molar-refractivity contribution in [3.05, 3.63) is 47.8 Å². The van der Waals surface area contributed by atoms with Crippen LogP contribution in [0.4, 0.5) is 0 Å². The van der Waals surface area contributed by atoms with Crippen LogP contribution < -0.4 is 4.74 Å². The summed E-state index contributed by atoms with van der Waals surface area (Å²) in [5, 5.41) is 14.1. The third-order valence-electron chi connectivity index (χ3n) is 5.85. The Kier molecular flexibility index (Phi) is 4.88. The summed E-state index contributed by atoms with van der Waals surface area (Å²) in [5.41, 5.74) is 1.55. The van der Waals surface area contributed by atoms with E-state index >= 15 is 0 Å². The van der Waals surface area contributed by atoms with Gasteiger partial charge in [0, 0.05) is 50.1 Å². The van der Waals surface area contributed by atoms with E-state index in [1.54, 1.807) is 13.3 Å². The number of methoxy groups -OCH3 is 1. The maximum absolute atomic E-state index is 12.0. The lowest BCUT2D eigenvalue weighted by Crippen LogP contribution is -2.44. The van der Waals surface area contributed by atoms with Gasteiger partial charge in [0.05, 0.1) is 25.7 Å². The van der Waals surface area contributed by atoms with Crippen LogP contribution in [0.1, 0.15) is 17.5 Å². The maximum atomic E-state index is 12.0. The van der Waals surface area contributed by atoms with E-state index in [9.17, 15) is 9.90 Å². The van der Waals surface area contributed by atoms with Gasteiger partial charge in [-0.3, -0.25) is 14.4 Å². The third-order valence-corrected chi connectivity index (χ3v) is 5.85. The molecule has 3 heterocycles. The van der Waals surface area contributed by atoms with Gasteiger partial charge in [-0.1, -0.05) is 6.07 Å². The summed E-state index contributed by atoms with van der Waals surface area (Å²) in [7, 11) is 1.67. The van der Waals surface area contributed by atoms with Crippen molar-refractivity contribution in [2.24, 2.45) is 11.3 Å². The van der Waals surface area contributed by atoms with Crippen molar-refractivity contribution >= 4 is 5.97 Å². The van der Waals surface area contributed by atoms with E-state index in [1.165, 1.54) is 0 Å². The van der Waals surface area contributed by atoms with Gasteiger partial charge in [0.25, 0.3) is 0 Å². The lowest BCUT2D eigenvalue weighted by molar-refractivity contribution is -0.157. The van der Waals surface area contributed by atoms with Crippen LogP contribution in [0.2, 0.25) is 0 Å². The van der Waals surface area contributed by atoms with Gasteiger partial charge in [0.1, 0.15) is 5.75 Å². The van der Waals surface area contributed by atoms with Gasteiger partial charge in [0.15, 0.2) is 0 Å². The Bertz CT molecular complexity index is 808. The van der Waals surface area contributed by atoms with Crippen LogP contribution in [0.3, 0.4) is 0 Å². The van der Waals surface area contributed by atoms with Gasteiger partial charge in [-0.25, -0.2) is 0 Å². The number of hydrogen-bond acceptors (Lipinski definition) is 5. The Morgan fingerprint density at radius 3 is 3.04 bits per heavy atom. The van der Waals surface area contributed by atoms with Crippen LogP contribution in [0.5, 0.6) is 5.75 Å². The standard InChI is InChI=1S/C20H25N3O4/c1-26-18-4-3-15(9-16(18)11-23-7-2-6-21-23)10-22-12-17-13-27-8-5-20(17,14-22)19(24)25/h2-4,6-7,9,17H,5,8,10-14H2,1H3,(H,24,25)/t17-,20+/m1/s1. The number of benzene rings is 1. The Balaban J connectivity index is 1.52. The Morgan fingerprint density at radius 1 is 1.44 bits per heavy atom. The van der Waals surface area contributed by atoms with Crippen LogP contribution in [0.25, 0.3) is 0 Å². The predicted molar refractivity (Wildman–Crippen MR) is 98.6 cm³/mol. The molecule has 4 rings (SSSR count). The number of aromatic nitrogens is 2. The van der Waals surface area contributed by atoms with Crippen LogP contribution in [0.15, 0.2) is 36.7 Å². The molecule has 2 fully saturated rings. The summed E-state index contributed by atoms with van der Waals surface area (Å²) in [6.45, 7) is 3.77. The van der Waals surface area contributed by atoms with Crippen LogP contribution in [0, 0.1) is 11.3 Å². The fourth-order valence-corrected chi connectivity index (χ4v) is 4.40. The van der Waals surface area contributed by atoms with E-state index in [2.05, 4.69) is 22.1 Å². The molecule has 1 N–H and O–H groups in total. The normalized spacial score (nSPS) is 25.3. The minimum atomic E-state index is -0.688. The van der Waals surface area contributed by atoms with Gasteiger partial charge in [-0.05, 0) is 30.2 Å². The largest absolute Gasteiger partial charge is 0.496 e. The van der Waals surface area contributed by atoms with E-state index in [0.717, 1.165) is 30.0 Å². The molecular weight excluding hydrogens is 346 g/mol. The van der Waals surface area contributed by atoms with E-state index in [-0.39, 0.29) is 5.92 Å².